The number of morpholine rings is 1. The quantitative estimate of drug-likeness (QED) is 0.446. The molecule has 82 valence electrons. The highest BCUT2D eigenvalue weighted by atomic mass is 16.5. The normalized spacial score (nSPS) is 24.1. The molecule has 2 aliphatic rings. The van der Waals surface area contributed by atoms with Crippen LogP contribution in [0.1, 0.15) is 0 Å². The summed E-state index contributed by atoms with van der Waals surface area (Å²) in [4.78, 5) is 20.1. The van der Waals surface area contributed by atoms with E-state index in [2.05, 4.69) is 11.9 Å². The van der Waals surface area contributed by atoms with Crippen molar-refractivity contribution in [3.63, 3.8) is 0 Å². The third-order valence-electron chi connectivity index (χ3n) is 1.85. The van der Waals surface area contributed by atoms with Crippen LogP contribution in [0, 0.1) is 0 Å². The molecule has 0 aliphatic carbocycles. The second-order valence-electron chi connectivity index (χ2n) is 3.04. The summed E-state index contributed by atoms with van der Waals surface area (Å²) in [6.45, 7) is 6.33. The average Bonchev–Trinajstić information content (AvgIpc) is 2.65. The molecule has 1 saturated heterocycles. The lowest BCUT2D eigenvalue weighted by Gasteiger charge is -2.19. The summed E-state index contributed by atoms with van der Waals surface area (Å²) in [7, 11) is 0. The number of carbonyl (C=O) groups is 2. The highest BCUT2D eigenvalue weighted by molar-refractivity contribution is 6.12. The molecule has 1 unspecified atom stereocenters. The minimum absolute atomic E-state index is 0.240. The van der Waals surface area contributed by atoms with Gasteiger partial charge in [0.05, 0.1) is 12.7 Å². The summed E-state index contributed by atoms with van der Waals surface area (Å²) in [6.07, 6.45) is 4.46. The van der Waals surface area contributed by atoms with E-state index in [0.717, 1.165) is 19.7 Å². The topological polar surface area (TPSA) is 67.4 Å². The van der Waals surface area contributed by atoms with Crippen LogP contribution in [0.3, 0.4) is 0 Å². The van der Waals surface area contributed by atoms with Crippen LogP contribution in [0.25, 0.3) is 0 Å². The Hall–Kier alpha value is -1.46. The molecule has 5 heteroatoms. The first-order chi connectivity index (χ1) is 7.22. The first-order valence-corrected chi connectivity index (χ1v) is 4.70. The summed E-state index contributed by atoms with van der Waals surface area (Å²) < 4.78 is 5.25. The summed E-state index contributed by atoms with van der Waals surface area (Å²) in [6, 6.07) is 0. The second kappa shape index (κ2) is 6.10. The van der Waals surface area contributed by atoms with E-state index in [4.69, 9.17) is 4.74 Å². The molecule has 2 aliphatic heterocycles. The maximum atomic E-state index is 10.0. The van der Waals surface area contributed by atoms with Crippen LogP contribution in [0.5, 0.6) is 0 Å². The van der Waals surface area contributed by atoms with Crippen molar-refractivity contribution in [2.75, 3.05) is 19.7 Å². The summed E-state index contributed by atoms with van der Waals surface area (Å²) in [5.41, 5.74) is 0. The number of rotatable bonds is 1. The van der Waals surface area contributed by atoms with Crippen molar-refractivity contribution >= 4 is 11.8 Å². The van der Waals surface area contributed by atoms with E-state index in [1.165, 1.54) is 12.2 Å². The number of nitrogens with one attached hydrogen (secondary N) is 2. The van der Waals surface area contributed by atoms with Crippen molar-refractivity contribution in [2.24, 2.45) is 0 Å². The molecule has 0 saturated carbocycles. The van der Waals surface area contributed by atoms with Gasteiger partial charge < -0.3 is 10.1 Å². The molecule has 1 fully saturated rings. The smallest absolute Gasteiger partial charge is 0.250 e. The molecule has 1 atom stereocenters. The van der Waals surface area contributed by atoms with E-state index in [1.807, 2.05) is 11.4 Å². The molecular formula is C10H14N2O3. The second-order valence-corrected chi connectivity index (χ2v) is 3.04. The third-order valence-corrected chi connectivity index (χ3v) is 1.85. The minimum Gasteiger partial charge on any atom is -0.372 e. The van der Waals surface area contributed by atoms with Crippen LogP contribution >= 0.6 is 0 Å². The van der Waals surface area contributed by atoms with Crippen LogP contribution in [0.4, 0.5) is 0 Å². The van der Waals surface area contributed by atoms with Gasteiger partial charge >= 0.3 is 0 Å². The Labute approximate surface area is 88.2 Å². The number of carbonyl (C=O) groups excluding carboxylic acids is 2. The molecule has 0 radical (unpaired) electrons. The fraction of sp³-hybridized carbons (Fsp3) is 0.400. The first kappa shape index (κ1) is 11.6. The average molecular weight is 210 g/mol. The summed E-state index contributed by atoms with van der Waals surface area (Å²) in [5.74, 6) is -0.657. The molecule has 0 spiro atoms. The Morgan fingerprint density at radius 2 is 2.07 bits per heavy atom. The lowest BCUT2D eigenvalue weighted by atomic mass is 10.3. The molecule has 0 aromatic heterocycles. The Morgan fingerprint density at radius 3 is 2.33 bits per heavy atom. The lowest BCUT2D eigenvalue weighted by molar-refractivity contribution is -0.123. The number of imide groups is 1. The van der Waals surface area contributed by atoms with E-state index >= 15 is 0 Å². The lowest BCUT2D eigenvalue weighted by Crippen LogP contribution is -2.37. The minimum atomic E-state index is -0.329. The molecule has 15 heavy (non-hydrogen) atoms. The first-order valence-electron chi connectivity index (χ1n) is 4.70. The largest absolute Gasteiger partial charge is 0.372 e. The summed E-state index contributed by atoms with van der Waals surface area (Å²) in [5, 5.41) is 5.22. The van der Waals surface area contributed by atoms with Crippen LogP contribution in [-0.2, 0) is 14.3 Å². The van der Waals surface area contributed by atoms with Crippen molar-refractivity contribution in [1.82, 2.24) is 10.6 Å². The molecule has 2 heterocycles. The van der Waals surface area contributed by atoms with E-state index in [-0.39, 0.29) is 17.9 Å². The van der Waals surface area contributed by atoms with Crippen molar-refractivity contribution in [3.05, 3.63) is 24.8 Å². The zero-order valence-corrected chi connectivity index (χ0v) is 8.36. The van der Waals surface area contributed by atoms with Crippen molar-refractivity contribution in [1.29, 1.82) is 0 Å². The predicted octanol–water partition coefficient (Wildman–Crippen LogP) is -0.640. The van der Waals surface area contributed by atoms with Gasteiger partial charge in [-0.25, -0.2) is 0 Å². The highest BCUT2D eigenvalue weighted by Crippen LogP contribution is 1.94. The van der Waals surface area contributed by atoms with Gasteiger partial charge in [-0.15, -0.1) is 6.58 Å². The molecule has 0 aromatic rings. The molecular weight excluding hydrogens is 196 g/mol. The number of amides is 2. The van der Waals surface area contributed by atoms with E-state index < -0.39 is 0 Å². The van der Waals surface area contributed by atoms with Crippen LogP contribution in [0.2, 0.25) is 0 Å². The molecule has 2 N–H and O–H groups in total. The molecule has 0 bridgehead atoms. The maximum absolute atomic E-state index is 10.0. The predicted molar refractivity (Wildman–Crippen MR) is 55.1 cm³/mol. The van der Waals surface area contributed by atoms with Crippen molar-refractivity contribution in [2.45, 2.75) is 6.10 Å². The van der Waals surface area contributed by atoms with Gasteiger partial charge in [0, 0.05) is 25.2 Å². The van der Waals surface area contributed by atoms with Gasteiger partial charge in [0.1, 0.15) is 0 Å². The van der Waals surface area contributed by atoms with Crippen LogP contribution in [-0.4, -0.2) is 37.6 Å². The Balaban J connectivity index is 0.000000151. The van der Waals surface area contributed by atoms with Gasteiger partial charge in [0.15, 0.2) is 0 Å². The molecule has 0 aromatic carbocycles. The van der Waals surface area contributed by atoms with E-state index in [1.54, 1.807) is 0 Å². The summed E-state index contributed by atoms with van der Waals surface area (Å²) >= 11 is 0. The third kappa shape index (κ3) is 4.53. The molecule has 2 amide bonds. The van der Waals surface area contributed by atoms with Gasteiger partial charge in [-0.1, -0.05) is 6.08 Å². The fourth-order valence-corrected chi connectivity index (χ4v) is 1.09. The van der Waals surface area contributed by atoms with Gasteiger partial charge in [-0.3, -0.25) is 14.9 Å². The Bertz CT molecular complexity index is 264. The van der Waals surface area contributed by atoms with Crippen molar-refractivity contribution < 1.29 is 14.3 Å². The zero-order valence-electron chi connectivity index (χ0n) is 8.36. The maximum Gasteiger partial charge on any atom is 0.250 e. The fourth-order valence-electron chi connectivity index (χ4n) is 1.09. The van der Waals surface area contributed by atoms with Gasteiger partial charge in [0.2, 0.25) is 0 Å². The van der Waals surface area contributed by atoms with E-state index in [9.17, 15) is 9.59 Å². The standard InChI is InChI=1S/C6H11NO.C4H3NO2/c1-2-6-5-7-3-4-8-6;6-3-1-2-4(7)5-3/h2,6-7H,1,3-5H2;1-2H,(H,5,6,7). The van der Waals surface area contributed by atoms with Crippen molar-refractivity contribution in [3.8, 4) is 0 Å². The molecule has 2 rings (SSSR count). The zero-order chi connectivity index (χ0) is 11.1. The monoisotopic (exact) mass is 210 g/mol. The van der Waals surface area contributed by atoms with Gasteiger partial charge in [0.25, 0.3) is 11.8 Å². The number of hydrogen-bond acceptors (Lipinski definition) is 4. The Morgan fingerprint density at radius 1 is 1.40 bits per heavy atom. The van der Waals surface area contributed by atoms with Gasteiger partial charge in [-0.05, 0) is 0 Å². The number of ether oxygens (including phenoxy) is 1. The molecule has 5 nitrogen and oxygen atoms in total. The number of hydrogen-bond donors (Lipinski definition) is 2. The van der Waals surface area contributed by atoms with E-state index in [0.29, 0.717) is 0 Å². The highest BCUT2D eigenvalue weighted by Gasteiger charge is 2.07. The van der Waals surface area contributed by atoms with Crippen LogP contribution in [0.15, 0.2) is 24.8 Å². The Kier molecular flexibility index (Phi) is 4.73. The van der Waals surface area contributed by atoms with Gasteiger partial charge in [-0.2, -0.15) is 0 Å². The SMILES string of the molecule is C=CC1CNCCO1.O=C1C=CC(=O)N1. The van der Waals surface area contributed by atoms with Crippen LogP contribution < -0.4 is 10.6 Å².